The summed E-state index contributed by atoms with van der Waals surface area (Å²) in [6, 6.07) is 15.0. The third kappa shape index (κ3) is 6.58. The summed E-state index contributed by atoms with van der Waals surface area (Å²) in [4.78, 5) is 26.4. The van der Waals surface area contributed by atoms with Gasteiger partial charge in [0.2, 0.25) is 0 Å². The molecule has 1 saturated heterocycles. The van der Waals surface area contributed by atoms with E-state index in [0.29, 0.717) is 39.0 Å². The number of hydrogen-bond donors (Lipinski definition) is 1. The Labute approximate surface area is 240 Å². The summed E-state index contributed by atoms with van der Waals surface area (Å²) in [5.74, 6) is -3.97. The van der Waals surface area contributed by atoms with Crippen LogP contribution in [0.2, 0.25) is 0 Å². The lowest BCUT2D eigenvalue weighted by molar-refractivity contribution is -0.0494. The Kier molecular flexibility index (Phi) is 7.74. The van der Waals surface area contributed by atoms with Crippen molar-refractivity contribution in [2.45, 2.75) is 51.7 Å². The fourth-order valence-electron chi connectivity index (χ4n) is 4.86. The van der Waals surface area contributed by atoms with E-state index in [1.165, 1.54) is 4.90 Å². The number of amides is 2. The predicted molar refractivity (Wildman–Crippen MR) is 150 cm³/mol. The molecule has 1 aromatic heterocycles. The molecule has 10 heteroatoms. The zero-order valence-corrected chi connectivity index (χ0v) is 23.4. The molecular formula is C32H30F4N2O4. The molecule has 2 amide bonds. The molecule has 6 nitrogen and oxygen atoms in total. The fourth-order valence-corrected chi connectivity index (χ4v) is 4.86. The molecule has 0 atom stereocenters. The van der Waals surface area contributed by atoms with Crippen LogP contribution in [0.5, 0.6) is 0 Å². The Hall–Kier alpha value is -4.34. The molecule has 0 spiro atoms. The molecule has 1 aliphatic heterocycles. The Morgan fingerprint density at radius 3 is 2.29 bits per heavy atom. The van der Waals surface area contributed by atoms with E-state index in [0.717, 1.165) is 18.2 Å². The third-order valence-electron chi connectivity index (χ3n) is 6.94. The van der Waals surface area contributed by atoms with Crippen LogP contribution >= 0.6 is 0 Å². The number of fused-ring (bicyclic) bond motifs is 1. The van der Waals surface area contributed by atoms with Crippen molar-refractivity contribution in [3.63, 3.8) is 0 Å². The van der Waals surface area contributed by atoms with Gasteiger partial charge < -0.3 is 19.4 Å². The van der Waals surface area contributed by atoms with Crippen molar-refractivity contribution in [1.82, 2.24) is 10.2 Å². The maximum Gasteiger partial charge on any atom is 0.408 e. The average Bonchev–Trinajstić information content (AvgIpc) is 3.35. The number of nitrogens with one attached hydrogen (secondary N) is 1. The maximum atomic E-state index is 14.9. The zero-order chi connectivity index (χ0) is 30.2. The van der Waals surface area contributed by atoms with Crippen LogP contribution in [0.1, 0.15) is 49.7 Å². The van der Waals surface area contributed by atoms with E-state index in [1.807, 2.05) is 0 Å². The number of ether oxygens (including phenoxy) is 1. The Bertz CT molecular complexity index is 1630. The van der Waals surface area contributed by atoms with Crippen LogP contribution in [0.4, 0.5) is 22.4 Å². The monoisotopic (exact) mass is 582 g/mol. The largest absolute Gasteiger partial charge is 0.459 e. The summed E-state index contributed by atoms with van der Waals surface area (Å²) in [5, 5.41) is 3.21. The molecule has 3 aromatic carbocycles. The quantitative estimate of drug-likeness (QED) is 0.243. The van der Waals surface area contributed by atoms with E-state index >= 15 is 0 Å². The van der Waals surface area contributed by atoms with Crippen molar-refractivity contribution >= 4 is 23.0 Å². The number of benzene rings is 3. The third-order valence-corrected chi connectivity index (χ3v) is 6.94. The van der Waals surface area contributed by atoms with Crippen molar-refractivity contribution in [3.8, 4) is 22.3 Å². The number of piperidine rings is 1. The summed E-state index contributed by atoms with van der Waals surface area (Å²) in [6.45, 7) is 5.20. The highest BCUT2D eigenvalue weighted by molar-refractivity contribution is 5.98. The van der Waals surface area contributed by atoms with Crippen LogP contribution in [-0.2, 0) is 11.3 Å². The number of hydrogen-bond acceptors (Lipinski definition) is 4. The summed E-state index contributed by atoms with van der Waals surface area (Å²) in [6.07, 6.45) is -1.36. The second kappa shape index (κ2) is 11.2. The van der Waals surface area contributed by atoms with Gasteiger partial charge in [0.05, 0.1) is 6.54 Å². The molecule has 2 heterocycles. The van der Waals surface area contributed by atoms with E-state index in [4.69, 9.17) is 9.15 Å². The normalized spacial score (nSPS) is 15.1. The van der Waals surface area contributed by atoms with Crippen molar-refractivity contribution in [3.05, 3.63) is 83.6 Å². The van der Waals surface area contributed by atoms with Gasteiger partial charge in [0.1, 0.15) is 28.6 Å². The number of alkyl halides is 2. The highest BCUT2D eigenvalue weighted by atomic mass is 19.3. The molecule has 1 aliphatic rings. The average molecular weight is 583 g/mol. The van der Waals surface area contributed by atoms with Crippen LogP contribution < -0.4 is 5.32 Å². The van der Waals surface area contributed by atoms with Crippen LogP contribution in [0, 0.1) is 11.6 Å². The summed E-state index contributed by atoms with van der Waals surface area (Å²) in [7, 11) is 0. The number of likely N-dealkylation sites (tertiary alicyclic amines) is 1. The summed E-state index contributed by atoms with van der Waals surface area (Å²) < 4.78 is 67.4. The van der Waals surface area contributed by atoms with Gasteiger partial charge in [-0.3, -0.25) is 4.79 Å². The molecule has 4 aromatic rings. The van der Waals surface area contributed by atoms with Gasteiger partial charge in [-0.2, -0.15) is 0 Å². The number of alkyl carbamates (subject to hydrolysis) is 1. The Balaban J connectivity index is 1.47. The molecule has 1 fully saturated rings. The Morgan fingerprint density at radius 2 is 1.62 bits per heavy atom. The zero-order valence-electron chi connectivity index (χ0n) is 23.4. The first-order chi connectivity index (χ1) is 19.8. The van der Waals surface area contributed by atoms with Crippen LogP contribution in [-0.4, -0.2) is 41.5 Å². The molecule has 0 unspecified atom stereocenters. The smallest absolute Gasteiger partial charge is 0.408 e. The summed E-state index contributed by atoms with van der Waals surface area (Å²) >= 11 is 0. The predicted octanol–water partition coefficient (Wildman–Crippen LogP) is 7.94. The minimum Gasteiger partial charge on any atom is -0.459 e. The van der Waals surface area contributed by atoms with Gasteiger partial charge in [0, 0.05) is 48.0 Å². The SMILES string of the molecule is CC(C)(C)OC(=O)NCc1cc2cc(-c3ccc(C(=O)N4CCC(F)(F)CC4)cc3)cc(-c3cc(F)ccc3F)c2o1. The molecule has 1 N–H and O–H groups in total. The topological polar surface area (TPSA) is 71.8 Å². The summed E-state index contributed by atoms with van der Waals surface area (Å²) in [5.41, 5.74) is 1.61. The number of furan rings is 1. The van der Waals surface area contributed by atoms with E-state index in [2.05, 4.69) is 5.32 Å². The number of carbonyl (C=O) groups excluding carboxylic acids is 2. The van der Waals surface area contributed by atoms with E-state index in [9.17, 15) is 27.2 Å². The van der Waals surface area contributed by atoms with Gasteiger partial charge in [-0.05, 0) is 80.4 Å². The van der Waals surface area contributed by atoms with Crippen LogP contribution in [0.25, 0.3) is 33.2 Å². The van der Waals surface area contributed by atoms with Crippen molar-refractivity contribution in [2.24, 2.45) is 0 Å². The molecule has 42 heavy (non-hydrogen) atoms. The van der Waals surface area contributed by atoms with Gasteiger partial charge in [0.15, 0.2) is 0 Å². The van der Waals surface area contributed by atoms with Crippen molar-refractivity contribution < 1.29 is 36.3 Å². The number of carbonyl (C=O) groups is 2. The highest BCUT2D eigenvalue weighted by Gasteiger charge is 2.35. The number of rotatable bonds is 5. The fraction of sp³-hybridized carbons (Fsp3) is 0.312. The van der Waals surface area contributed by atoms with Crippen LogP contribution in [0.15, 0.2) is 65.1 Å². The first kappa shape index (κ1) is 29.2. The van der Waals surface area contributed by atoms with E-state index in [-0.39, 0.29) is 43.9 Å². The number of nitrogens with zero attached hydrogens (tertiary/aromatic N) is 1. The molecule has 0 bridgehead atoms. The Morgan fingerprint density at radius 1 is 0.929 bits per heavy atom. The minimum atomic E-state index is -2.75. The van der Waals surface area contributed by atoms with Gasteiger partial charge in [-0.25, -0.2) is 22.4 Å². The first-order valence-electron chi connectivity index (χ1n) is 13.5. The van der Waals surface area contributed by atoms with Gasteiger partial charge >= 0.3 is 6.09 Å². The van der Waals surface area contributed by atoms with E-state index < -0.39 is 29.3 Å². The highest BCUT2D eigenvalue weighted by Crippen LogP contribution is 2.37. The molecule has 5 rings (SSSR count). The maximum absolute atomic E-state index is 14.9. The van der Waals surface area contributed by atoms with E-state index in [1.54, 1.807) is 63.2 Å². The molecule has 220 valence electrons. The van der Waals surface area contributed by atoms with Crippen molar-refractivity contribution in [2.75, 3.05) is 13.1 Å². The lowest BCUT2D eigenvalue weighted by Crippen LogP contribution is -2.42. The standard InChI is InChI=1S/C32H30F4N2O4/c1-31(2,3)42-30(40)37-18-24-15-22-14-21(16-26(28(22)41-24)25-17-23(33)8-9-27(25)34)19-4-6-20(7-5-19)29(39)38-12-10-32(35,36)11-13-38/h4-9,14-17H,10-13,18H2,1-3H3,(H,37,40). The molecule has 0 saturated carbocycles. The van der Waals surface area contributed by atoms with Crippen molar-refractivity contribution in [1.29, 1.82) is 0 Å². The lowest BCUT2D eigenvalue weighted by Gasteiger charge is -2.31. The van der Waals surface area contributed by atoms with Gasteiger partial charge in [-0.15, -0.1) is 0 Å². The first-order valence-corrected chi connectivity index (χ1v) is 13.5. The second-order valence-corrected chi connectivity index (χ2v) is 11.4. The second-order valence-electron chi connectivity index (χ2n) is 11.4. The van der Waals surface area contributed by atoms with Gasteiger partial charge in [0.25, 0.3) is 11.8 Å². The van der Waals surface area contributed by atoms with Gasteiger partial charge in [-0.1, -0.05) is 12.1 Å². The molecule has 0 radical (unpaired) electrons. The van der Waals surface area contributed by atoms with Crippen LogP contribution in [0.3, 0.4) is 0 Å². The molecular weight excluding hydrogens is 552 g/mol. The minimum absolute atomic E-state index is 0.00319. The number of halogens is 4. The molecule has 0 aliphatic carbocycles. The lowest BCUT2D eigenvalue weighted by atomic mass is 9.95.